The Labute approximate surface area is 134 Å². The van der Waals surface area contributed by atoms with Gasteiger partial charge in [-0.3, -0.25) is 4.68 Å². The maximum Gasteiger partial charge on any atom is 0.244 e. The van der Waals surface area contributed by atoms with Crippen LogP contribution in [0.1, 0.15) is 18.1 Å². The Balaban J connectivity index is 1.80. The Kier molecular flexibility index (Phi) is 4.22. The van der Waals surface area contributed by atoms with Crippen molar-refractivity contribution in [2.45, 2.75) is 23.5 Å². The highest BCUT2D eigenvalue weighted by atomic mass is 35.5. The van der Waals surface area contributed by atoms with Crippen molar-refractivity contribution in [3.8, 4) is 0 Å². The highest BCUT2D eigenvalue weighted by Gasteiger charge is 2.33. The molecule has 0 amide bonds. The van der Waals surface area contributed by atoms with Gasteiger partial charge in [0.05, 0.1) is 18.3 Å². The fourth-order valence-electron chi connectivity index (χ4n) is 2.50. The highest BCUT2D eigenvalue weighted by Crippen LogP contribution is 2.30. The van der Waals surface area contributed by atoms with Gasteiger partial charge in [-0.15, -0.1) is 0 Å². The number of nitrogens with one attached hydrogen (secondary N) is 1. The summed E-state index contributed by atoms with van der Waals surface area (Å²) in [4.78, 5) is 0.150. The molecule has 1 aliphatic rings. The summed E-state index contributed by atoms with van der Waals surface area (Å²) in [6.07, 6.45) is 3.10. The van der Waals surface area contributed by atoms with Crippen molar-refractivity contribution in [3.63, 3.8) is 0 Å². The van der Waals surface area contributed by atoms with Gasteiger partial charge in [0, 0.05) is 24.9 Å². The molecule has 1 N–H and O–H groups in total. The summed E-state index contributed by atoms with van der Waals surface area (Å²) in [7, 11) is -1.94. The third kappa shape index (κ3) is 3.17. The maximum atomic E-state index is 12.4. The minimum absolute atomic E-state index is 0.150. The maximum absolute atomic E-state index is 12.4. The molecule has 6 nitrogen and oxygen atoms in total. The fourth-order valence-corrected chi connectivity index (χ4v) is 3.88. The number of aryl methyl sites for hydroxylation is 1. The Bertz CT molecular complexity index is 758. The van der Waals surface area contributed by atoms with Crippen LogP contribution in [0.25, 0.3) is 0 Å². The molecule has 2 atom stereocenters. The van der Waals surface area contributed by atoms with Crippen LogP contribution in [0.5, 0.6) is 0 Å². The molecule has 2 heterocycles. The first kappa shape index (κ1) is 15.5. The Hall–Kier alpha value is -1.41. The van der Waals surface area contributed by atoms with E-state index in [1.54, 1.807) is 19.2 Å². The second-order valence-corrected chi connectivity index (χ2v) is 7.36. The lowest BCUT2D eigenvalue weighted by atomic mass is 10.0. The molecule has 0 bridgehead atoms. The van der Waals surface area contributed by atoms with Gasteiger partial charge in [0.1, 0.15) is 4.90 Å². The van der Waals surface area contributed by atoms with Gasteiger partial charge in [-0.1, -0.05) is 23.7 Å². The molecular formula is C14H16ClN3O3S. The first-order chi connectivity index (χ1) is 10.5. The van der Waals surface area contributed by atoms with Crippen molar-refractivity contribution < 1.29 is 13.2 Å². The quantitative estimate of drug-likeness (QED) is 0.921. The summed E-state index contributed by atoms with van der Waals surface area (Å²) in [5, 5.41) is 4.53. The molecule has 8 heteroatoms. The van der Waals surface area contributed by atoms with E-state index in [1.165, 1.54) is 17.1 Å². The van der Waals surface area contributed by atoms with Gasteiger partial charge in [0.25, 0.3) is 0 Å². The van der Waals surface area contributed by atoms with E-state index in [2.05, 4.69) is 9.82 Å². The van der Waals surface area contributed by atoms with E-state index in [9.17, 15) is 8.42 Å². The SMILES string of the molecule is Cn1cc(S(=O)(=O)N[C@@H]2CCO[C@H]2c2ccc(Cl)cc2)cn1. The summed E-state index contributed by atoms with van der Waals surface area (Å²) >= 11 is 5.88. The summed E-state index contributed by atoms with van der Waals surface area (Å²) in [5.41, 5.74) is 0.904. The zero-order chi connectivity index (χ0) is 15.7. The normalized spacial score (nSPS) is 22.1. The van der Waals surface area contributed by atoms with Gasteiger partial charge < -0.3 is 4.74 Å². The predicted octanol–water partition coefficient (Wildman–Crippen LogP) is 1.88. The van der Waals surface area contributed by atoms with Gasteiger partial charge in [0.2, 0.25) is 10.0 Å². The molecule has 1 aromatic carbocycles. The van der Waals surface area contributed by atoms with Crippen LogP contribution in [0, 0.1) is 0 Å². The number of benzene rings is 1. The number of rotatable bonds is 4. The molecule has 0 spiro atoms. The van der Waals surface area contributed by atoms with Crippen LogP contribution < -0.4 is 4.72 Å². The first-order valence-electron chi connectivity index (χ1n) is 6.84. The van der Waals surface area contributed by atoms with E-state index >= 15 is 0 Å². The Morgan fingerprint density at radius 3 is 2.73 bits per heavy atom. The van der Waals surface area contributed by atoms with Crippen LogP contribution in [0.15, 0.2) is 41.6 Å². The minimum atomic E-state index is -3.61. The zero-order valence-electron chi connectivity index (χ0n) is 11.9. The van der Waals surface area contributed by atoms with Crippen LogP contribution in [-0.4, -0.2) is 30.8 Å². The van der Waals surface area contributed by atoms with Crippen molar-refractivity contribution in [2.24, 2.45) is 7.05 Å². The lowest BCUT2D eigenvalue weighted by Crippen LogP contribution is -2.36. The van der Waals surface area contributed by atoms with Crippen molar-refractivity contribution in [3.05, 3.63) is 47.2 Å². The van der Waals surface area contributed by atoms with Crippen LogP contribution in [-0.2, 0) is 21.8 Å². The van der Waals surface area contributed by atoms with E-state index in [0.29, 0.717) is 18.1 Å². The molecular weight excluding hydrogens is 326 g/mol. The topological polar surface area (TPSA) is 73.2 Å². The van der Waals surface area contributed by atoms with Crippen LogP contribution in [0.4, 0.5) is 0 Å². The number of nitrogens with zero attached hydrogens (tertiary/aromatic N) is 2. The second kappa shape index (κ2) is 6.00. The summed E-state index contributed by atoms with van der Waals surface area (Å²) < 4.78 is 34.6. The number of sulfonamides is 1. The summed E-state index contributed by atoms with van der Waals surface area (Å²) in [6, 6.07) is 6.93. The molecule has 1 aromatic heterocycles. The van der Waals surface area contributed by atoms with Crippen molar-refractivity contribution in [2.75, 3.05) is 6.61 Å². The van der Waals surface area contributed by atoms with E-state index in [0.717, 1.165) is 5.56 Å². The van der Waals surface area contributed by atoms with E-state index in [4.69, 9.17) is 16.3 Å². The smallest absolute Gasteiger partial charge is 0.244 e. The molecule has 118 valence electrons. The largest absolute Gasteiger partial charge is 0.372 e. The van der Waals surface area contributed by atoms with Crippen LogP contribution >= 0.6 is 11.6 Å². The standard InChI is InChI=1S/C14H16ClN3O3S/c1-18-9-12(8-16-18)22(19,20)17-13-6-7-21-14(13)10-2-4-11(15)5-3-10/h2-5,8-9,13-14,17H,6-7H2,1H3/t13-,14+/m1/s1. The van der Waals surface area contributed by atoms with Gasteiger partial charge >= 0.3 is 0 Å². The molecule has 22 heavy (non-hydrogen) atoms. The first-order valence-corrected chi connectivity index (χ1v) is 8.70. The van der Waals surface area contributed by atoms with E-state index < -0.39 is 10.0 Å². The fraction of sp³-hybridized carbons (Fsp3) is 0.357. The average Bonchev–Trinajstić information content (AvgIpc) is 3.09. The molecule has 2 aromatic rings. The number of ether oxygens (including phenoxy) is 1. The molecule has 0 aliphatic carbocycles. The molecule has 1 saturated heterocycles. The molecule has 0 radical (unpaired) electrons. The number of aromatic nitrogens is 2. The summed E-state index contributed by atoms with van der Waals surface area (Å²) in [6.45, 7) is 0.507. The number of hydrogen-bond acceptors (Lipinski definition) is 4. The van der Waals surface area contributed by atoms with E-state index in [-0.39, 0.29) is 17.0 Å². The molecule has 3 rings (SSSR count). The minimum Gasteiger partial charge on any atom is -0.372 e. The highest BCUT2D eigenvalue weighted by molar-refractivity contribution is 7.89. The molecule has 0 unspecified atom stereocenters. The third-order valence-corrected chi connectivity index (χ3v) is 5.28. The number of halogens is 1. The Morgan fingerprint density at radius 2 is 2.09 bits per heavy atom. The van der Waals surface area contributed by atoms with E-state index in [1.807, 2.05) is 12.1 Å². The van der Waals surface area contributed by atoms with Gasteiger partial charge in [-0.05, 0) is 24.1 Å². The molecule has 1 aliphatic heterocycles. The predicted molar refractivity (Wildman–Crippen MR) is 82.1 cm³/mol. The van der Waals surface area contributed by atoms with Gasteiger partial charge in [-0.2, -0.15) is 5.10 Å². The van der Waals surface area contributed by atoms with Gasteiger partial charge in [-0.25, -0.2) is 13.1 Å². The average molecular weight is 342 g/mol. The van der Waals surface area contributed by atoms with Crippen molar-refractivity contribution in [1.29, 1.82) is 0 Å². The van der Waals surface area contributed by atoms with Crippen molar-refractivity contribution in [1.82, 2.24) is 14.5 Å². The number of hydrogen-bond donors (Lipinski definition) is 1. The Morgan fingerprint density at radius 1 is 1.36 bits per heavy atom. The molecule has 0 saturated carbocycles. The molecule has 1 fully saturated rings. The zero-order valence-corrected chi connectivity index (χ0v) is 13.5. The monoisotopic (exact) mass is 341 g/mol. The van der Waals surface area contributed by atoms with Crippen LogP contribution in [0.2, 0.25) is 5.02 Å². The third-order valence-electron chi connectivity index (χ3n) is 3.59. The lowest BCUT2D eigenvalue weighted by Gasteiger charge is -2.19. The van der Waals surface area contributed by atoms with Gasteiger partial charge in [0.15, 0.2) is 0 Å². The second-order valence-electron chi connectivity index (χ2n) is 5.21. The summed E-state index contributed by atoms with van der Waals surface area (Å²) in [5.74, 6) is 0. The van der Waals surface area contributed by atoms with Crippen molar-refractivity contribution >= 4 is 21.6 Å². The lowest BCUT2D eigenvalue weighted by molar-refractivity contribution is 0.102. The van der Waals surface area contributed by atoms with Crippen LogP contribution in [0.3, 0.4) is 0 Å².